The van der Waals surface area contributed by atoms with E-state index in [9.17, 15) is 26.4 Å². The molecule has 0 saturated carbocycles. The lowest BCUT2D eigenvalue weighted by atomic mass is 10.1. The zero-order valence-corrected chi connectivity index (χ0v) is 14.8. The standard InChI is InChI=1S/C16H16O6S2/c1-11(17)9-23(19,20)15-7-3-6-14-13(15)5-4-8-16(14)24(21,22)10-12(2)18/h3-8H,9-10H2,1-2H3. The van der Waals surface area contributed by atoms with E-state index in [1.165, 1.54) is 50.2 Å². The zero-order chi connectivity index (χ0) is 18.1. The Hall–Kier alpha value is -2.06. The van der Waals surface area contributed by atoms with Gasteiger partial charge in [0.25, 0.3) is 0 Å². The molecule has 24 heavy (non-hydrogen) atoms. The molecule has 0 saturated heterocycles. The lowest BCUT2D eigenvalue weighted by Gasteiger charge is -2.11. The van der Waals surface area contributed by atoms with Crippen LogP contribution in [0.4, 0.5) is 0 Å². The highest BCUT2D eigenvalue weighted by Crippen LogP contribution is 2.29. The molecule has 0 unspecified atom stereocenters. The van der Waals surface area contributed by atoms with Crippen molar-refractivity contribution < 1.29 is 26.4 Å². The number of hydrogen-bond donors (Lipinski definition) is 0. The topological polar surface area (TPSA) is 102 Å². The average Bonchev–Trinajstić information content (AvgIpc) is 2.43. The summed E-state index contributed by atoms with van der Waals surface area (Å²) in [4.78, 5) is 22.2. The third kappa shape index (κ3) is 3.70. The van der Waals surface area contributed by atoms with Gasteiger partial charge in [0, 0.05) is 10.8 Å². The van der Waals surface area contributed by atoms with Crippen LogP contribution in [-0.2, 0) is 29.3 Å². The number of Topliss-reactive ketones (excluding diaryl/α,β-unsaturated/α-hetero) is 2. The van der Waals surface area contributed by atoms with Gasteiger partial charge in [-0.05, 0) is 26.0 Å². The van der Waals surface area contributed by atoms with Crippen LogP contribution >= 0.6 is 0 Å². The van der Waals surface area contributed by atoms with Gasteiger partial charge in [0.2, 0.25) is 0 Å². The van der Waals surface area contributed by atoms with Gasteiger partial charge in [-0.3, -0.25) is 9.59 Å². The first-order chi connectivity index (χ1) is 11.0. The molecule has 128 valence electrons. The van der Waals surface area contributed by atoms with Crippen molar-refractivity contribution in [1.29, 1.82) is 0 Å². The number of hydrogen-bond acceptors (Lipinski definition) is 6. The van der Waals surface area contributed by atoms with Crippen LogP contribution in [0, 0.1) is 0 Å². The highest BCUT2D eigenvalue weighted by molar-refractivity contribution is 7.92. The van der Waals surface area contributed by atoms with E-state index < -0.39 is 42.7 Å². The minimum Gasteiger partial charge on any atom is -0.299 e. The summed E-state index contributed by atoms with van der Waals surface area (Å²) in [6, 6.07) is 8.47. The molecule has 2 aromatic rings. The second kappa shape index (κ2) is 6.45. The molecule has 6 nitrogen and oxygen atoms in total. The Labute approximate surface area is 140 Å². The van der Waals surface area contributed by atoms with Crippen LogP contribution < -0.4 is 0 Å². The predicted molar refractivity (Wildman–Crippen MR) is 89.4 cm³/mol. The molecular formula is C16H16O6S2. The molecule has 0 atom stereocenters. The molecule has 0 radical (unpaired) electrons. The number of sulfone groups is 2. The monoisotopic (exact) mass is 368 g/mol. The molecule has 8 heteroatoms. The summed E-state index contributed by atoms with van der Waals surface area (Å²) in [6.45, 7) is 2.34. The fraction of sp³-hybridized carbons (Fsp3) is 0.250. The molecule has 0 bridgehead atoms. The molecule has 2 aromatic carbocycles. The average molecular weight is 368 g/mol. The first kappa shape index (κ1) is 18.3. The Morgan fingerprint density at radius 2 is 1.04 bits per heavy atom. The first-order valence-corrected chi connectivity index (χ1v) is 10.3. The van der Waals surface area contributed by atoms with Crippen LogP contribution in [-0.4, -0.2) is 39.9 Å². The van der Waals surface area contributed by atoms with Crippen molar-refractivity contribution >= 4 is 42.0 Å². The van der Waals surface area contributed by atoms with E-state index in [-0.39, 0.29) is 20.6 Å². The van der Waals surface area contributed by atoms with Crippen molar-refractivity contribution in [2.24, 2.45) is 0 Å². The van der Waals surface area contributed by atoms with Gasteiger partial charge in [-0.15, -0.1) is 0 Å². The molecule has 0 fully saturated rings. The molecule has 0 heterocycles. The van der Waals surface area contributed by atoms with Gasteiger partial charge in [0.1, 0.15) is 23.1 Å². The van der Waals surface area contributed by atoms with Crippen molar-refractivity contribution in [3.05, 3.63) is 36.4 Å². The second-order valence-corrected chi connectivity index (χ2v) is 9.45. The Balaban J connectivity index is 2.77. The highest BCUT2D eigenvalue weighted by atomic mass is 32.2. The van der Waals surface area contributed by atoms with Crippen molar-refractivity contribution in [3.8, 4) is 0 Å². The number of benzene rings is 2. The van der Waals surface area contributed by atoms with Gasteiger partial charge < -0.3 is 0 Å². The molecule has 0 aliphatic heterocycles. The summed E-state index contributed by atoms with van der Waals surface area (Å²) < 4.78 is 49.5. The molecule has 0 amide bonds. The maximum Gasteiger partial charge on any atom is 0.186 e. The zero-order valence-electron chi connectivity index (χ0n) is 13.1. The summed E-state index contributed by atoms with van der Waals surface area (Å²) in [7, 11) is -7.77. The van der Waals surface area contributed by atoms with E-state index in [1.807, 2.05) is 0 Å². The first-order valence-electron chi connectivity index (χ1n) is 7.01. The van der Waals surface area contributed by atoms with E-state index in [1.54, 1.807) is 0 Å². The fourth-order valence-electron chi connectivity index (χ4n) is 2.49. The van der Waals surface area contributed by atoms with Crippen molar-refractivity contribution in [2.45, 2.75) is 23.6 Å². The summed E-state index contributed by atoms with van der Waals surface area (Å²) in [5, 5.41) is 0.423. The van der Waals surface area contributed by atoms with Crippen molar-refractivity contribution in [2.75, 3.05) is 11.5 Å². The quantitative estimate of drug-likeness (QED) is 0.767. The largest absolute Gasteiger partial charge is 0.299 e. The molecule has 0 aromatic heterocycles. The number of fused-ring (bicyclic) bond motifs is 1. The van der Waals surface area contributed by atoms with Crippen molar-refractivity contribution in [1.82, 2.24) is 0 Å². The molecule has 0 N–H and O–H groups in total. The second-order valence-electron chi connectivity index (χ2n) is 5.53. The van der Waals surface area contributed by atoms with Gasteiger partial charge in [-0.2, -0.15) is 0 Å². The molecule has 2 rings (SSSR count). The minimum absolute atomic E-state index is 0.102. The van der Waals surface area contributed by atoms with Gasteiger partial charge in [-0.1, -0.05) is 24.3 Å². The minimum atomic E-state index is -3.88. The summed E-state index contributed by atoms with van der Waals surface area (Å²) >= 11 is 0. The van der Waals surface area contributed by atoms with E-state index in [4.69, 9.17) is 0 Å². The van der Waals surface area contributed by atoms with E-state index in [0.29, 0.717) is 0 Å². The van der Waals surface area contributed by atoms with Crippen LogP contribution in [0.2, 0.25) is 0 Å². The van der Waals surface area contributed by atoms with Crippen LogP contribution in [0.15, 0.2) is 46.2 Å². The summed E-state index contributed by atoms with van der Waals surface area (Å²) in [5.74, 6) is -2.33. The Kier molecular flexibility index (Phi) is 4.91. The Morgan fingerprint density at radius 3 is 1.33 bits per heavy atom. The maximum atomic E-state index is 12.4. The molecule has 0 aliphatic rings. The van der Waals surface area contributed by atoms with Gasteiger partial charge >= 0.3 is 0 Å². The third-order valence-electron chi connectivity index (χ3n) is 3.30. The van der Waals surface area contributed by atoms with Gasteiger partial charge in [0.05, 0.1) is 9.79 Å². The lowest BCUT2D eigenvalue weighted by molar-refractivity contribution is -0.115. The smallest absolute Gasteiger partial charge is 0.186 e. The van der Waals surface area contributed by atoms with Crippen LogP contribution in [0.1, 0.15) is 13.8 Å². The lowest BCUT2D eigenvalue weighted by Crippen LogP contribution is -2.15. The van der Waals surface area contributed by atoms with E-state index >= 15 is 0 Å². The number of rotatable bonds is 6. The third-order valence-corrected chi connectivity index (χ3v) is 6.92. The van der Waals surface area contributed by atoms with E-state index in [0.717, 1.165) is 0 Å². The number of carbonyl (C=O) groups excluding carboxylic acids is 2. The normalized spacial score (nSPS) is 12.2. The predicted octanol–water partition coefficient (Wildman–Crippen LogP) is 1.57. The van der Waals surface area contributed by atoms with Gasteiger partial charge in [-0.25, -0.2) is 16.8 Å². The van der Waals surface area contributed by atoms with Crippen molar-refractivity contribution in [3.63, 3.8) is 0 Å². The Morgan fingerprint density at radius 1 is 0.708 bits per heavy atom. The Bertz CT molecular complexity index is 948. The summed E-state index contributed by atoms with van der Waals surface area (Å²) in [5.41, 5.74) is 0. The maximum absolute atomic E-state index is 12.4. The summed E-state index contributed by atoms with van der Waals surface area (Å²) in [6.07, 6.45) is 0. The molecular weight excluding hydrogens is 352 g/mol. The highest BCUT2D eigenvalue weighted by Gasteiger charge is 2.24. The SMILES string of the molecule is CC(=O)CS(=O)(=O)c1cccc2c(S(=O)(=O)CC(C)=O)cccc12. The van der Waals surface area contributed by atoms with Crippen LogP contribution in [0.25, 0.3) is 10.8 Å². The number of ketones is 2. The van der Waals surface area contributed by atoms with Crippen LogP contribution in [0.3, 0.4) is 0 Å². The van der Waals surface area contributed by atoms with Crippen LogP contribution in [0.5, 0.6) is 0 Å². The molecule has 0 spiro atoms. The van der Waals surface area contributed by atoms with E-state index in [2.05, 4.69) is 0 Å². The molecule has 0 aliphatic carbocycles. The van der Waals surface area contributed by atoms with Gasteiger partial charge in [0.15, 0.2) is 19.7 Å². The number of carbonyl (C=O) groups is 2. The fourth-order valence-corrected chi connectivity index (χ4v) is 5.46.